The minimum atomic E-state index is -0.512. The standard InChI is InChI=1S/C19H14FNO4/c20-15-5-7-16(8-6-15)25-17-3-1-2-13(10-17)11-21-19(23)14-4-9-18(22)24-12-14/h1-10,12H,11H2,(H,21,23). The molecule has 0 radical (unpaired) electrons. The highest BCUT2D eigenvalue weighted by atomic mass is 19.1. The van der Waals surface area contributed by atoms with E-state index in [2.05, 4.69) is 9.73 Å². The molecule has 1 heterocycles. The van der Waals surface area contributed by atoms with E-state index < -0.39 is 5.63 Å². The summed E-state index contributed by atoms with van der Waals surface area (Å²) in [5.41, 5.74) is 0.575. The van der Waals surface area contributed by atoms with Crippen molar-refractivity contribution in [1.82, 2.24) is 5.32 Å². The molecule has 0 unspecified atom stereocenters. The van der Waals surface area contributed by atoms with Gasteiger partial charge in [0, 0.05) is 12.6 Å². The molecule has 3 aromatic rings. The van der Waals surface area contributed by atoms with Crippen molar-refractivity contribution in [1.29, 1.82) is 0 Å². The van der Waals surface area contributed by atoms with Crippen LogP contribution >= 0.6 is 0 Å². The Morgan fingerprint density at radius 2 is 1.84 bits per heavy atom. The number of carbonyl (C=O) groups is 1. The minimum absolute atomic E-state index is 0.262. The lowest BCUT2D eigenvalue weighted by Gasteiger charge is -2.09. The summed E-state index contributed by atoms with van der Waals surface area (Å²) in [6, 6.07) is 15.5. The first-order valence-corrected chi connectivity index (χ1v) is 7.49. The monoisotopic (exact) mass is 339 g/mol. The maximum absolute atomic E-state index is 12.9. The average Bonchev–Trinajstić information content (AvgIpc) is 2.63. The van der Waals surface area contributed by atoms with Gasteiger partial charge in [-0.15, -0.1) is 0 Å². The summed E-state index contributed by atoms with van der Waals surface area (Å²) in [7, 11) is 0. The van der Waals surface area contributed by atoms with Crippen LogP contribution in [0, 0.1) is 5.82 Å². The zero-order chi connectivity index (χ0) is 17.6. The van der Waals surface area contributed by atoms with Crippen molar-refractivity contribution in [3.05, 3.63) is 94.3 Å². The zero-order valence-electron chi connectivity index (χ0n) is 13.1. The second kappa shape index (κ2) is 7.44. The van der Waals surface area contributed by atoms with Crippen LogP contribution in [-0.4, -0.2) is 5.91 Å². The van der Waals surface area contributed by atoms with Crippen molar-refractivity contribution in [2.45, 2.75) is 6.54 Å². The second-order valence-corrected chi connectivity index (χ2v) is 5.23. The molecule has 0 spiro atoms. The summed E-state index contributed by atoms with van der Waals surface area (Å²) in [6.07, 6.45) is 1.12. The van der Waals surface area contributed by atoms with Crippen LogP contribution in [0.4, 0.5) is 4.39 Å². The van der Waals surface area contributed by atoms with Gasteiger partial charge >= 0.3 is 5.63 Å². The van der Waals surface area contributed by atoms with Crippen molar-refractivity contribution >= 4 is 5.91 Å². The van der Waals surface area contributed by atoms with Gasteiger partial charge < -0.3 is 14.5 Å². The quantitative estimate of drug-likeness (QED) is 0.772. The fourth-order valence-corrected chi connectivity index (χ4v) is 2.13. The highest BCUT2D eigenvalue weighted by molar-refractivity contribution is 5.93. The first-order chi connectivity index (χ1) is 12.1. The van der Waals surface area contributed by atoms with Crippen LogP contribution in [0.5, 0.6) is 11.5 Å². The molecular formula is C19H14FNO4. The van der Waals surface area contributed by atoms with E-state index in [-0.39, 0.29) is 23.8 Å². The van der Waals surface area contributed by atoms with Crippen molar-refractivity contribution in [2.24, 2.45) is 0 Å². The normalized spacial score (nSPS) is 10.3. The van der Waals surface area contributed by atoms with Crippen LogP contribution in [0.15, 0.2) is 76.1 Å². The lowest BCUT2D eigenvalue weighted by molar-refractivity contribution is 0.0948. The maximum atomic E-state index is 12.9. The van der Waals surface area contributed by atoms with E-state index >= 15 is 0 Å². The third-order valence-electron chi connectivity index (χ3n) is 3.36. The predicted molar refractivity (Wildman–Crippen MR) is 89.1 cm³/mol. The predicted octanol–water partition coefficient (Wildman–Crippen LogP) is 3.50. The SMILES string of the molecule is O=C(NCc1cccc(Oc2ccc(F)cc2)c1)c1ccc(=O)oc1. The first kappa shape index (κ1) is 16.4. The molecule has 0 aliphatic rings. The smallest absolute Gasteiger partial charge is 0.335 e. The van der Waals surface area contributed by atoms with E-state index in [4.69, 9.17) is 4.74 Å². The van der Waals surface area contributed by atoms with E-state index in [1.54, 1.807) is 18.2 Å². The summed E-state index contributed by atoms with van der Waals surface area (Å²) >= 11 is 0. The molecule has 126 valence electrons. The Labute approximate surface area is 142 Å². The number of hydrogen-bond acceptors (Lipinski definition) is 4. The summed E-state index contributed by atoms with van der Waals surface area (Å²) in [6.45, 7) is 0.276. The number of nitrogens with one attached hydrogen (secondary N) is 1. The molecule has 0 aliphatic heterocycles. The first-order valence-electron chi connectivity index (χ1n) is 7.49. The number of halogens is 1. The zero-order valence-corrected chi connectivity index (χ0v) is 13.1. The maximum Gasteiger partial charge on any atom is 0.335 e. The fourth-order valence-electron chi connectivity index (χ4n) is 2.13. The average molecular weight is 339 g/mol. The van der Waals surface area contributed by atoms with Gasteiger partial charge in [-0.1, -0.05) is 12.1 Å². The van der Waals surface area contributed by atoms with Gasteiger partial charge in [0.05, 0.1) is 5.56 Å². The molecule has 5 nitrogen and oxygen atoms in total. The van der Waals surface area contributed by atoms with Crippen molar-refractivity contribution < 1.29 is 18.3 Å². The largest absolute Gasteiger partial charge is 0.457 e. The van der Waals surface area contributed by atoms with Gasteiger partial charge in [0.2, 0.25) is 0 Å². The molecule has 6 heteroatoms. The number of carbonyl (C=O) groups excluding carboxylic acids is 1. The van der Waals surface area contributed by atoms with Crippen molar-refractivity contribution in [3.63, 3.8) is 0 Å². The highest BCUT2D eigenvalue weighted by Gasteiger charge is 2.07. The summed E-state index contributed by atoms with van der Waals surface area (Å²) in [4.78, 5) is 22.9. The van der Waals surface area contributed by atoms with E-state index in [0.717, 1.165) is 11.8 Å². The molecular weight excluding hydrogens is 325 g/mol. The van der Waals surface area contributed by atoms with Gasteiger partial charge in [0.25, 0.3) is 5.91 Å². The van der Waals surface area contributed by atoms with Gasteiger partial charge in [0.15, 0.2) is 0 Å². The molecule has 0 bridgehead atoms. The number of amides is 1. The van der Waals surface area contributed by atoms with Crippen LogP contribution < -0.4 is 15.7 Å². The Morgan fingerprint density at radius 1 is 1.04 bits per heavy atom. The van der Waals surface area contributed by atoms with Gasteiger partial charge in [0.1, 0.15) is 23.6 Å². The molecule has 25 heavy (non-hydrogen) atoms. The molecule has 0 fully saturated rings. The van der Waals surface area contributed by atoms with E-state index in [9.17, 15) is 14.0 Å². The molecule has 3 rings (SSSR count). The fraction of sp³-hybridized carbons (Fsp3) is 0.0526. The Bertz CT molecular complexity index is 914. The second-order valence-electron chi connectivity index (χ2n) is 5.23. The van der Waals surface area contributed by atoms with Crippen molar-refractivity contribution in [3.8, 4) is 11.5 Å². The van der Waals surface area contributed by atoms with E-state index in [1.807, 2.05) is 6.07 Å². The molecule has 1 amide bonds. The summed E-state index contributed by atoms with van der Waals surface area (Å²) in [5.74, 6) is 0.403. The molecule has 0 aliphatic carbocycles. The van der Waals surface area contributed by atoms with E-state index in [0.29, 0.717) is 11.5 Å². The third kappa shape index (κ3) is 4.54. The number of rotatable bonds is 5. The topological polar surface area (TPSA) is 68.5 Å². The lowest BCUT2D eigenvalue weighted by atomic mass is 10.2. The molecule has 2 aromatic carbocycles. The lowest BCUT2D eigenvalue weighted by Crippen LogP contribution is -2.23. The third-order valence-corrected chi connectivity index (χ3v) is 3.36. The Balaban J connectivity index is 1.63. The molecule has 0 atom stereocenters. The Morgan fingerprint density at radius 3 is 2.56 bits per heavy atom. The Kier molecular flexibility index (Phi) is 4.89. The van der Waals surface area contributed by atoms with E-state index in [1.165, 1.54) is 36.4 Å². The van der Waals surface area contributed by atoms with Crippen LogP contribution in [0.1, 0.15) is 15.9 Å². The van der Waals surface area contributed by atoms with Gasteiger partial charge in [-0.3, -0.25) is 4.79 Å². The molecule has 1 N–H and O–H groups in total. The van der Waals surface area contributed by atoms with Crippen LogP contribution in [0.25, 0.3) is 0 Å². The Hall–Kier alpha value is -3.41. The van der Waals surface area contributed by atoms with Gasteiger partial charge in [-0.2, -0.15) is 0 Å². The summed E-state index contributed by atoms with van der Waals surface area (Å²) < 4.78 is 23.2. The van der Waals surface area contributed by atoms with Gasteiger partial charge in [-0.05, 0) is 48.0 Å². The number of hydrogen-bond donors (Lipinski definition) is 1. The van der Waals surface area contributed by atoms with Crippen LogP contribution in [0.3, 0.4) is 0 Å². The molecule has 0 saturated carbocycles. The molecule has 1 aromatic heterocycles. The highest BCUT2D eigenvalue weighted by Crippen LogP contribution is 2.22. The van der Waals surface area contributed by atoms with Crippen LogP contribution in [-0.2, 0) is 6.54 Å². The number of ether oxygens (including phenoxy) is 1. The minimum Gasteiger partial charge on any atom is -0.457 e. The van der Waals surface area contributed by atoms with Gasteiger partial charge in [-0.25, -0.2) is 9.18 Å². The summed E-state index contributed by atoms with van der Waals surface area (Å²) in [5, 5.41) is 2.73. The number of benzene rings is 2. The van der Waals surface area contributed by atoms with Crippen LogP contribution in [0.2, 0.25) is 0 Å². The molecule has 0 saturated heterocycles. The van der Waals surface area contributed by atoms with Crippen molar-refractivity contribution in [2.75, 3.05) is 0 Å².